The maximum Gasteiger partial charge on any atom is 0.119 e. The van der Waals surface area contributed by atoms with Gasteiger partial charge in [-0.15, -0.1) is 0 Å². The molecule has 0 aliphatic heterocycles. The van der Waals surface area contributed by atoms with Crippen molar-refractivity contribution in [1.29, 1.82) is 0 Å². The van der Waals surface area contributed by atoms with Crippen LogP contribution in [0.3, 0.4) is 0 Å². The predicted octanol–water partition coefficient (Wildman–Crippen LogP) is 7.72. The number of fused-ring (bicyclic) bond motifs is 1. The lowest BCUT2D eigenvalue weighted by Crippen LogP contribution is -2.00. The van der Waals surface area contributed by atoms with E-state index in [-0.39, 0.29) is 0 Å². The van der Waals surface area contributed by atoms with Gasteiger partial charge in [0, 0.05) is 17.9 Å². The molecular formula is C29H35N3O. The summed E-state index contributed by atoms with van der Waals surface area (Å²) in [5.74, 6) is 1.48. The highest BCUT2D eigenvalue weighted by Gasteiger charge is 2.07. The first-order chi connectivity index (χ1) is 16.1. The van der Waals surface area contributed by atoms with Crippen LogP contribution in [0.25, 0.3) is 16.7 Å². The van der Waals surface area contributed by atoms with Crippen LogP contribution in [0, 0.1) is 0 Å². The number of nitrogens with one attached hydrogen (secondary N) is 1. The summed E-state index contributed by atoms with van der Waals surface area (Å²) in [6.45, 7) is 8.25. The number of anilines is 1. The minimum Gasteiger partial charge on any atom is -0.494 e. The molecule has 4 nitrogen and oxygen atoms in total. The van der Waals surface area contributed by atoms with Gasteiger partial charge in [0.25, 0.3) is 0 Å². The smallest absolute Gasteiger partial charge is 0.119 e. The van der Waals surface area contributed by atoms with E-state index < -0.39 is 0 Å². The molecule has 0 spiro atoms. The van der Waals surface area contributed by atoms with E-state index in [9.17, 15) is 0 Å². The first kappa shape index (κ1) is 22.9. The Labute approximate surface area is 197 Å². The van der Waals surface area contributed by atoms with Gasteiger partial charge < -0.3 is 10.1 Å². The molecule has 0 unspecified atom stereocenters. The molecular weight excluding hydrogens is 406 g/mol. The molecule has 4 heteroatoms. The van der Waals surface area contributed by atoms with Gasteiger partial charge in [0.2, 0.25) is 0 Å². The lowest BCUT2D eigenvalue weighted by molar-refractivity contribution is 0.305. The largest absolute Gasteiger partial charge is 0.494 e. The second kappa shape index (κ2) is 11.0. The molecule has 4 aromatic rings. The summed E-state index contributed by atoms with van der Waals surface area (Å²) in [5.41, 5.74) is 6.88. The maximum absolute atomic E-state index is 5.88. The number of aromatic nitrogens is 2. The fourth-order valence-corrected chi connectivity index (χ4v) is 3.97. The van der Waals surface area contributed by atoms with Crippen molar-refractivity contribution in [1.82, 2.24) is 9.55 Å². The molecule has 0 saturated heterocycles. The van der Waals surface area contributed by atoms with E-state index in [1.54, 1.807) is 0 Å². The van der Waals surface area contributed by atoms with Gasteiger partial charge in [-0.25, -0.2) is 4.98 Å². The molecule has 0 bridgehead atoms. The van der Waals surface area contributed by atoms with Gasteiger partial charge in [-0.3, -0.25) is 4.57 Å². The topological polar surface area (TPSA) is 39.1 Å². The third-order valence-electron chi connectivity index (χ3n) is 6.07. The van der Waals surface area contributed by atoms with E-state index in [2.05, 4.69) is 90.2 Å². The molecule has 0 aliphatic carbocycles. The minimum atomic E-state index is 0.559. The van der Waals surface area contributed by atoms with E-state index in [1.807, 2.05) is 18.5 Å². The quantitative estimate of drug-likeness (QED) is 0.242. The van der Waals surface area contributed by atoms with Crippen molar-refractivity contribution >= 4 is 16.7 Å². The average molecular weight is 442 g/mol. The van der Waals surface area contributed by atoms with Crippen molar-refractivity contribution in [2.75, 3.05) is 11.9 Å². The third kappa shape index (κ3) is 5.95. The Hall–Kier alpha value is -3.27. The van der Waals surface area contributed by atoms with Gasteiger partial charge >= 0.3 is 0 Å². The highest BCUT2D eigenvalue weighted by molar-refractivity contribution is 5.81. The SMILES string of the molecule is CCCCCCOc1ccc(-n2cnc3cc(NCc4ccc(C(C)C)cc4)ccc32)cc1. The van der Waals surface area contributed by atoms with Crippen molar-refractivity contribution in [3.63, 3.8) is 0 Å². The molecule has 1 heterocycles. The van der Waals surface area contributed by atoms with E-state index in [0.717, 1.165) is 47.7 Å². The van der Waals surface area contributed by atoms with Crippen molar-refractivity contribution in [2.45, 2.75) is 58.9 Å². The van der Waals surface area contributed by atoms with E-state index >= 15 is 0 Å². The Kier molecular flexibility index (Phi) is 7.66. The van der Waals surface area contributed by atoms with Crippen LogP contribution in [0.2, 0.25) is 0 Å². The Morgan fingerprint density at radius 3 is 2.42 bits per heavy atom. The highest BCUT2D eigenvalue weighted by Crippen LogP contribution is 2.24. The van der Waals surface area contributed by atoms with Crippen LogP contribution in [0.15, 0.2) is 73.1 Å². The van der Waals surface area contributed by atoms with E-state index in [0.29, 0.717) is 5.92 Å². The zero-order valence-electron chi connectivity index (χ0n) is 20.1. The van der Waals surface area contributed by atoms with Crippen LogP contribution in [0.4, 0.5) is 5.69 Å². The highest BCUT2D eigenvalue weighted by atomic mass is 16.5. The number of unbranched alkanes of at least 4 members (excludes halogenated alkanes) is 3. The van der Waals surface area contributed by atoms with Gasteiger partial charge in [0.15, 0.2) is 0 Å². The first-order valence-electron chi connectivity index (χ1n) is 12.2. The Balaban J connectivity index is 1.38. The average Bonchev–Trinajstić information content (AvgIpc) is 3.26. The molecule has 0 amide bonds. The molecule has 0 atom stereocenters. The molecule has 4 rings (SSSR count). The molecule has 0 saturated carbocycles. The monoisotopic (exact) mass is 441 g/mol. The molecule has 0 radical (unpaired) electrons. The molecule has 0 aliphatic rings. The summed E-state index contributed by atoms with van der Waals surface area (Å²) in [7, 11) is 0. The number of hydrogen-bond donors (Lipinski definition) is 1. The number of ether oxygens (including phenoxy) is 1. The Bertz CT molecular complexity index is 1140. The summed E-state index contributed by atoms with van der Waals surface area (Å²) < 4.78 is 8.00. The fourth-order valence-electron chi connectivity index (χ4n) is 3.97. The normalized spacial score (nSPS) is 11.3. The number of rotatable bonds is 11. The minimum absolute atomic E-state index is 0.559. The summed E-state index contributed by atoms with van der Waals surface area (Å²) in [5, 5.41) is 3.52. The molecule has 172 valence electrons. The number of hydrogen-bond acceptors (Lipinski definition) is 3. The van der Waals surface area contributed by atoms with Crippen LogP contribution >= 0.6 is 0 Å². The van der Waals surface area contributed by atoms with E-state index in [4.69, 9.17) is 4.74 Å². The third-order valence-corrected chi connectivity index (χ3v) is 6.07. The summed E-state index contributed by atoms with van der Waals surface area (Å²) in [6, 6.07) is 23.5. The predicted molar refractivity (Wildman–Crippen MR) is 139 cm³/mol. The number of imidazole rings is 1. The second-order valence-electron chi connectivity index (χ2n) is 8.97. The van der Waals surface area contributed by atoms with E-state index in [1.165, 1.54) is 30.4 Å². The zero-order valence-corrected chi connectivity index (χ0v) is 20.1. The second-order valence-corrected chi connectivity index (χ2v) is 8.97. The van der Waals surface area contributed by atoms with Crippen LogP contribution in [-0.4, -0.2) is 16.2 Å². The molecule has 33 heavy (non-hydrogen) atoms. The Morgan fingerprint density at radius 2 is 1.70 bits per heavy atom. The van der Waals surface area contributed by atoms with Crippen molar-refractivity contribution < 1.29 is 4.74 Å². The fraction of sp³-hybridized carbons (Fsp3) is 0.345. The van der Waals surface area contributed by atoms with Gasteiger partial charge in [0.05, 0.1) is 17.6 Å². The summed E-state index contributed by atoms with van der Waals surface area (Å²) in [6.07, 6.45) is 6.76. The lowest BCUT2D eigenvalue weighted by Gasteiger charge is -2.10. The van der Waals surface area contributed by atoms with Crippen molar-refractivity contribution in [3.8, 4) is 11.4 Å². The molecule has 1 aromatic heterocycles. The summed E-state index contributed by atoms with van der Waals surface area (Å²) in [4.78, 5) is 4.63. The van der Waals surface area contributed by atoms with Gasteiger partial charge in [-0.1, -0.05) is 64.3 Å². The first-order valence-corrected chi connectivity index (χ1v) is 12.2. The standard InChI is InChI=1S/C29H35N3O/c1-4-5-6-7-18-33-27-15-13-26(14-16-27)32-21-31-28-19-25(12-17-29(28)32)30-20-23-8-10-24(11-9-23)22(2)3/h8-17,19,21-22,30H,4-7,18,20H2,1-3H3. The molecule has 3 aromatic carbocycles. The van der Waals surface area contributed by atoms with Crippen LogP contribution in [0.1, 0.15) is 63.5 Å². The summed E-state index contributed by atoms with van der Waals surface area (Å²) >= 11 is 0. The van der Waals surface area contributed by atoms with Gasteiger partial charge in [-0.05, 0) is 65.9 Å². The molecule has 1 N–H and O–H groups in total. The van der Waals surface area contributed by atoms with Crippen molar-refractivity contribution in [2.24, 2.45) is 0 Å². The number of benzene rings is 3. The van der Waals surface area contributed by atoms with Gasteiger partial charge in [-0.2, -0.15) is 0 Å². The number of nitrogens with zero attached hydrogens (tertiary/aromatic N) is 2. The molecule has 0 fully saturated rings. The van der Waals surface area contributed by atoms with Crippen LogP contribution < -0.4 is 10.1 Å². The van der Waals surface area contributed by atoms with Crippen molar-refractivity contribution in [3.05, 3.63) is 84.2 Å². The maximum atomic E-state index is 5.88. The Morgan fingerprint density at radius 1 is 0.909 bits per heavy atom. The lowest BCUT2D eigenvalue weighted by atomic mass is 10.0. The van der Waals surface area contributed by atoms with Gasteiger partial charge in [0.1, 0.15) is 12.1 Å². The van der Waals surface area contributed by atoms with Crippen LogP contribution in [0.5, 0.6) is 5.75 Å². The zero-order chi connectivity index (χ0) is 23.0. The van der Waals surface area contributed by atoms with Crippen LogP contribution in [-0.2, 0) is 6.54 Å².